The largest absolute Gasteiger partial charge is 0.480 e. The Balaban J connectivity index is 1.88. The van der Waals surface area contributed by atoms with Gasteiger partial charge in [0.15, 0.2) is 0 Å². The summed E-state index contributed by atoms with van der Waals surface area (Å²) < 4.78 is 0. The van der Waals surface area contributed by atoms with Gasteiger partial charge in [0.25, 0.3) is 5.91 Å². The number of nitrogens with one attached hydrogen (secondary N) is 3. The van der Waals surface area contributed by atoms with Gasteiger partial charge in [0.2, 0.25) is 0 Å². The van der Waals surface area contributed by atoms with Crippen molar-refractivity contribution in [1.29, 1.82) is 0 Å². The number of H-pyrrole nitrogens is 1. The second-order valence-electron chi connectivity index (χ2n) is 7.07. The minimum absolute atomic E-state index is 0.0836. The van der Waals surface area contributed by atoms with Crippen LogP contribution in [0.3, 0.4) is 0 Å². The van der Waals surface area contributed by atoms with Gasteiger partial charge in [-0.2, -0.15) is 0 Å². The fraction of sp³-hybridized carbons (Fsp3) is 0.300. The van der Waals surface area contributed by atoms with Gasteiger partial charge in [0, 0.05) is 29.9 Å². The summed E-state index contributed by atoms with van der Waals surface area (Å²) in [5.74, 6) is -0.614. The van der Waals surface area contributed by atoms with Gasteiger partial charge in [0.1, 0.15) is 17.4 Å². The zero-order chi connectivity index (χ0) is 20.0. The lowest BCUT2D eigenvalue weighted by Crippen LogP contribution is -2.31. The molecule has 1 aliphatic rings. The molecule has 1 amide bonds. The van der Waals surface area contributed by atoms with Crippen LogP contribution in [0.25, 0.3) is 22.3 Å². The number of nitrogens with zero attached hydrogens (tertiary/aromatic N) is 2. The maximum atomic E-state index is 12.1. The number of hydrogen-bond donors (Lipinski definition) is 4. The molecule has 1 unspecified atom stereocenters. The molecule has 0 saturated carbocycles. The summed E-state index contributed by atoms with van der Waals surface area (Å²) in [7, 11) is 0. The highest BCUT2D eigenvalue weighted by Crippen LogP contribution is 2.31. The van der Waals surface area contributed by atoms with Gasteiger partial charge in [-0.1, -0.05) is 12.1 Å². The van der Waals surface area contributed by atoms with E-state index in [4.69, 9.17) is 4.98 Å². The van der Waals surface area contributed by atoms with Gasteiger partial charge >= 0.3 is 5.97 Å². The van der Waals surface area contributed by atoms with Crippen molar-refractivity contribution >= 4 is 28.7 Å². The second-order valence-corrected chi connectivity index (χ2v) is 7.07. The molecule has 3 heterocycles. The molecule has 0 spiro atoms. The van der Waals surface area contributed by atoms with Crippen molar-refractivity contribution in [2.75, 3.05) is 11.9 Å². The standard InChI is InChI=1S/C20H21N5O3/c1-9-4-5-12(15-8-13-14(24-15)6-7-21-19(13)26)17-16(9)22-10(2)18(25-17)23-11(3)20(27)28/h4-5,8,11,24H,6-7H2,1-3H3,(H,21,26)(H,23,25)(H,27,28). The van der Waals surface area contributed by atoms with Crippen LogP contribution >= 0.6 is 0 Å². The molecule has 1 atom stereocenters. The molecule has 8 nitrogen and oxygen atoms in total. The van der Waals surface area contributed by atoms with Crippen molar-refractivity contribution in [3.8, 4) is 11.3 Å². The Hall–Kier alpha value is -3.42. The first kappa shape index (κ1) is 18.0. The highest BCUT2D eigenvalue weighted by Gasteiger charge is 2.22. The number of amides is 1. The minimum atomic E-state index is -0.964. The molecular formula is C20H21N5O3. The van der Waals surface area contributed by atoms with Gasteiger partial charge < -0.3 is 20.7 Å². The van der Waals surface area contributed by atoms with E-state index in [9.17, 15) is 14.7 Å². The topological polar surface area (TPSA) is 120 Å². The molecule has 3 aromatic rings. The first-order chi connectivity index (χ1) is 13.3. The first-order valence-corrected chi connectivity index (χ1v) is 9.13. The van der Waals surface area contributed by atoms with Crippen molar-refractivity contribution in [1.82, 2.24) is 20.3 Å². The maximum absolute atomic E-state index is 12.1. The predicted molar refractivity (Wildman–Crippen MR) is 106 cm³/mol. The first-order valence-electron chi connectivity index (χ1n) is 9.13. The molecule has 0 radical (unpaired) electrons. The number of aromatic nitrogens is 3. The fourth-order valence-electron chi connectivity index (χ4n) is 3.41. The van der Waals surface area contributed by atoms with Crippen LogP contribution in [0.1, 0.15) is 34.2 Å². The molecule has 1 aromatic carbocycles. The summed E-state index contributed by atoms with van der Waals surface area (Å²) in [4.78, 5) is 36.0. The number of aliphatic carboxylic acids is 1. The average molecular weight is 379 g/mol. The van der Waals surface area contributed by atoms with Crippen molar-refractivity contribution in [2.24, 2.45) is 0 Å². The number of aromatic amines is 1. The molecule has 28 heavy (non-hydrogen) atoms. The third-order valence-corrected chi connectivity index (χ3v) is 5.02. The number of hydrogen-bond acceptors (Lipinski definition) is 5. The van der Waals surface area contributed by atoms with Crippen LogP contribution in [0.2, 0.25) is 0 Å². The van der Waals surface area contributed by atoms with Crippen LogP contribution < -0.4 is 10.6 Å². The lowest BCUT2D eigenvalue weighted by molar-refractivity contribution is -0.137. The molecule has 0 aliphatic carbocycles. The number of carboxylic acid groups (broad SMARTS) is 1. The number of benzene rings is 1. The lowest BCUT2D eigenvalue weighted by atomic mass is 10.0. The van der Waals surface area contributed by atoms with Crippen LogP contribution in [0, 0.1) is 13.8 Å². The van der Waals surface area contributed by atoms with Crippen LogP contribution in [0.15, 0.2) is 18.2 Å². The lowest BCUT2D eigenvalue weighted by Gasteiger charge is -2.14. The van der Waals surface area contributed by atoms with Gasteiger partial charge in [-0.25, -0.2) is 9.97 Å². The van der Waals surface area contributed by atoms with Crippen LogP contribution in [0.5, 0.6) is 0 Å². The van der Waals surface area contributed by atoms with Gasteiger partial charge in [-0.05, 0) is 32.4 Å². The summed E-state index contributed by atoms with van der Waals surface area (Å²) in [6, 6.07) is 4.96. The molecule has 0 saturated heterocycles. The highest BCUT2D eigenvalue weighted by molar-refractivity contribution is 6.00. The van der Waals surface area contributed by atoms with Crippen molar-refractivity contribution < 1.29 is 14.7 Å². The van der Waals surface area contributed by atoms with Crippen LogP contribution in [-0.2, 0) is 11.2 Å². The molecule has 2 aromatic heterocycles. The van der Waals surface area contributed by atoms with E-state index in [0.29, 0.717) is 29.1 Å². The van der Waals surface area contributed by atoms with Crippen LogP contribution in [-0.4, -0.2) is 44.5 Å². The quantitative estimate of drug-likeness (QED) is 0.553. The Morgan fingerprint density at radius 3 is 2.71 bits per heavy atom. The predicted octanol–water partition coefficient (Wildman–Crippen LogP) is 2.41. The van der Waals surface area contributed by atoms with E-state index >= 15 is 0 Å². The Morgan fingerprint density at radius 1 is 1.21 bits per heavy atom. The third-order valence-electron chi connectivity index (χ3n) is 5.02. The smallest absolute Gasteiger partial charge is 0.325 e. The number of fused-ring (bicyclic) bond motifs is 2. The SMILES string of the molecule is Cc1nc2c(C)ccc(-c3cc4c([nH]3)CCNC4=O)c2nc1NC(C)C(=O)O. The minimum Gasteiger partial charge on any atom is -0.480 e. The molecule has 1 aliphatic heterocycles. The number of aryl methyl sites for hydroxylation is 2. The molecule has 8 heteroatoms. The van der Waals surface area contributed by atoms with Crippen molar-refractivity contribution in [2.45, 2.75) is 33.2 Å². The van der Waals surface area contributed by atoms with Crippen LogP contribution in [0.4, 0.5) is 5.82 Å². The summed E-state index contributed by atoms with van der Waals surface area (Å²) in [5, 5.41) is 14.9. The Morgan fingerprint density at radius 2 is 2.00 bits per heavy atom. The Bertz CT molecular complexity index is 1120. The summed E-state index contributed by atoms with van der Waals surface area (Å²) in [5.41, 5.74) is 6.18. The molecule has 4 rings (SSSR count). The fourth-order valence-corrected chi connectivity index (χ4v) is 3.41. The van der Waals surface area contributed by atoms with Gasteiger partial charge in [0.05, 0.1) is 16.8 Å². The monoisotopic (exact) mass is 379 g/mol. The van der Waals surface area contributed by atoms with E-state index in [1.807, 2.05) is 25.1 Å². The van der Waals surface area contributed by atoms with Gasteiger partial charge in [-0.15, -0.1) is 0 Å². The van der Waals surface area contributed by atoms with E-state index < -0.39 is 12.0 Å². The van der Waals surface area contributed by atoms with Crippen molar-refractivity contribution in [3.63, 3.8) is 0 Å². The van der Waals surface area contributed by atoms with E-state index in [-0.39, 0.29) is 5.91 Å². The number of rotatable bonds is 4. The number of carbonyl (C=O) groups excluding carboxylic acids is 1. The normalized spacial score (nSPS) is 14.5. The van der Waals surface area contributed by atoms with E-state index in [1.54, 1.807) is 13.8 Å². The Labute approximate surface area is 161 Å². The average Bonchev–Trinajstić information content (AvgIpc) is 3.08. The molecule has 0 fully saturated rings. The summed E-state index contributed by atoms with van der Waals surface area (Å²) in [6.45, 7) is 5.93. The summed E-state index contributed by atoms with van der Waals surface area (Å²) >= 11 is 0. The number of carbonyl (C=O) groups is 2. The van der Waals surface area contributed by atoms with Crippen molar-refractivity contribution in [3.05, 3.63) is 40.7 Å². The number of carboxylic acids is 1. The summed E-state index contributed by atoms with van der Waals surface area (Å²) in [6.07, 6.45) is 0.749. The second kappa shape index (κ2) is 6.63. The van der Waals surface area contributed by atoms with Gasteiger partial charge in [-0.3, -0.25) is 9.59 Å². The number of anilines is 1. The zero-order valence-electron chi connectivity index (χ0n) is 15.9. The Kier molecular flexibility index (Phi) is 4.26. The van der Waals surface area contributed by atoms with E-state index in [1.165, 1.54) is 0 Å². The zero-order valence-corrected chi connectivity index (χ0v) is 15.9. The molecule has 4 N–H and O–H groups in total. The van der Waals surface area contributed by atoms with E-state index in [0.717, 1.165) is 34.5 Å². The third kappa shape index (κ3) is 2.96. The molecule has 144 valence electrons. The molecule has 0 bridgehead atoms. The highest BCUT2D eigenvalue weighted by atomic mass is 16.4. The maximum Gasteiger partial charge on any atom is 0.325 e. The van der Waals surface area contributed by atoms with E-state index in [2.05, 4.69) is 20.6 Å². The molecular weight excluding hydrogens is 358 g/mol.